The molecule has 1 fully saturated rings. The Bertz CT molecular complexity index is 362. The van der Waals surface area contributed by atoms with Crippen molar-refractivity contribution in [1.82, 2.24) is 4.98 Å². The first-order valence-electron chi connectivity index (χ1n) is 5.25. The third kappa shape index (κ3) is 0.703. The van der Waals surface area contributed by atoms with Gasteiger partial charge >= 0.3 is 0 Å². The molecule has 0 saturated heterocycles. The molecule has 14 heavy (non-hydrogen) atoms. The summed E-state index contributed by atoms with van der Waals surface area (Å²) in [6.45, 7) is 4.48. The van der Waals surface area contributed by atoms with Crippen molar-refractivity contribution >= 4 is 0 Å². The van der Waals surface area contributed by atoms with Gasteiger partial charge in [0.15, 0.2) is 11.8 Å². The molecule has 76 valence electrons. The first-order chi connectivity index (χ1) is 6.61. The van der Waals surface area contributed by atoms with Crippen molar-refractivity contribution in [3.63, 3.8) is 0 Å². The maximum atomic E-state index is 9.66. The number of hydrogen-bond donors (Lipinski definition) is 3. The molecule has 3 nitrogen and oxygen atoms in total. The van der Waals surface area contributed by atoms with Crippen molar-refractivity contribution in [2.75, 3.05) is 0 Å². The lowest BCUT2D eigenvalue weighted by molar-refractivity contribution is 0.366. The van der Waals surface area contributed by atoms with Gasteiger partial charge in [0.05, 0.1) is 0 Å². The van der Waals surface area contributed by atoms with Gasteiger partial charge in [-0.25, -0.2) is 0 Å². The smallest absolute Gasteiger partial charge is 0.195 e. The zero-order chi connectivity index (χ0) is 10.0. The number of aromatic hydroxyl groups is 2. The highest BCUT2D eigenvalue weighted by Gasteiger charge is 2.50. The molecule has 2 bridgehead atoms. The zero-order valence-corrected chi connectivity index (χ0v) is 8.41. The van der Waals surface area contributed by atoms with E-state index in [1.807, 2.05) is 0 Å². The lowest BCUT2D eigenvalue weighted by atomic mass is 9.79. The largest absolute Gasteiger partial charge is 0.494 e. The van der Waals surface area contributed by atoms with Gasteiger partial charge < -0.3 is 10.2 Å². The van der Waals surface area contributed by atoms with E-state index in [2.05, 4.69) is 18.8 Å². The highest BCUT2D eigenvalue weighted by Crippen LogP contribution is 2.63. The van der Waals surface area contributed by atoms with Gasteiger partial charge in [-0.1, -0.05) is 13.8 Å². The number of hydrogen-bond acceptors (Lipinski definition) is 2. The summed E-state index contributed by atoms with van der Waals surface area (Å²) < 4.78 is 0. The van der Waals surface area contributed by atoms with E-state index in [1.54, 1.807) is 0 Å². The van der Waals surface area contributed by atoms with Gasteiger partial charge in [0.25, 0.3) is 0 Å². The van der Waals surface area contributed by atoms with Gasteiger partial charge in [-0.15, -0.1) is 0 Å². The lowest BCUT2D eigenvalue weighted by Gasteiger charge is -2.24. The summed E-state index contributed by atoms with van der Waals surface area (Å²) in [5.74, 6) is 2.50. The first kappa shape index (κ1) is 8.21. The van der Waals surface area contributed by atoms with Crippen LogP contribution in [0.5, 0.6) is 11.8 Å². The standard InChI is InChI=1S/C11H15NO2/c1-4-5(2)7-3-6(4)8-9(7)11(14)12-10(8)13/h4-7,12-14H,3H2,1-2H3. The molecule has 0 amide bonds. The van der Waals surface area contributed by atoms with Crippen LogP contribution in [-0.4, -0.2) is 15.2 Å². The van der Waals surface area contributed by atoms with Crippen LogP contribution >= 0.6 is 0 Å². The van der Waals surface area contributed by atoms with E-state index in [4.69, 9.17) is 0 Å². The van der Waals surface area contributed by atoms with E-state index in [1.165, 1.54) is 0 Å². The fourth-order valence-corrected chi connectivity index (χ4v) is 3.45. The number of fused-ring (bicyclic) bond motifs is 5. The maximum absolute atomic E-state index is 9.66. The van der Waals surface area contributed by atoms with Gasteiger partial charge in [-0.05, 0) is 30.1 Å². The summed E-state index contributed by atoms with van der Waals surface area (Å²) in [5.41, 5.74) is 1.97. The molecule has 1 heterocycles. The number of aromatic nitrogens is 1. The summed E-state index contributed by atoms with van der Waals surface area (Å²) in [5, 5.41) is 19.3. The van der Waals surface area contributed by atoms with Gasteiger partial charge in [-0.2, -0.15) is 0 Å². The molecule has 4 atom stereocenters. The molecule has 0 spiro atoms. The quantitative estimate of drug-likeness (QED) is 0.592. The molecule has 0 aromatic carbocycles. The summed E-state index contributed by atoms with van der Waals surface area (Å²) in [4.78, 5) is 2.63. The van der Waals surface area contributed by atoms with E-state index >= 15 is 0 Å². The average Bonchev–Trinajstić information content (AvgIpc) is 2.71. The molecule has 2 aliphatic carbocycles. The van der Waals surface area contributed by atoms with Gasteiger partial charge in [0, 0.05) is 11.1 Å². The minimum Gasteiger partial charge on any atom is -0.494 e. The molecular formula is C11H15NO2. The zero-order valence-electron chi connectivity index (χ0n) is 8.41. The Kier molecular flexibility index (Phi) is 1.33. The van der Waals surface area contributed by atoms with Gasteiger partial charge in [0.2, 0.25) is 0 Å². The lowest BCUT2D eigenvalue weighted by Crippen LogP contribution is -2.15. The molecule has 1 saturated carbocycles. The summed E-state index contributed by atoms with van der Waals surface area (Å²) in [6, 6.07) is 0. The second kappa shape index (κ2) is 2.27. The summed E-state index contributed by atoms with van der Waals surface area (Å²) >= 11 is 0. The molecule has 3 heteroatoms. The van der Waals surface area contributed by atoms with Crippen molar-refractivity contribution in [3.05, 3.63) is 11.1 Å². The maximum Gasteiger partial charge on any atom is 0.195 e. The van der Waals surface area contributed by atoms with E-state index in [9.17, 15) is 10.2 Å². The van der Waals surface area contributed by atoms with Crippen molar-refractivity contribution in [2.45, 2.75) is 32.1 Å². The van der Waals surface area contributed by atoms with E-state index < -0.39 is 0 Å². The summed E-state index contributed by atoms with van der Waals surface area (Å²) in [7, 11) is 0. The Labute approximate surface area is 82.8 Å². The SMILES string of the molecule is CC1C2CC(c3c(O)[nH]c(O)c32)C1C. The van der Waals surface area contributed by atoms with Crippen molar-refractivity contribution in [1.29, 1.82) is 0 Å². The molecule has 0 radical (unpaired) electrons. The highest BCUT2D eigenvalue weighted by atomic mass is 16.3. The predicted octanol–water partition coefficient (Wildman–Crippen LogP) is 2.28. The van der Waals surface area contributed by atoms with Crippen LogP contribution in [-0.2, 0) is 0 Å². The molecule has 1 aromatic heterocycles. The minimum absolute atomic E-state index is 0.184. The molecular weight excluding hydrogens is 178 g/mol. The number of rotatable bonds is 0. The normalized spacial score (nSPS) is 39.0. The third-order valence-electron chi connectivity index (χ3n) is 4.39. The molecule has 3 rings (SSSR count). The summed E-state index contributed by atoms with van der Waals surface area (Å²) in [6.07, 6.45) is 1.10. The Morgan fingerprint density at radius 3 is 1.86 bits per heavy atom. The Hall–Kier alpha value is -1.12. The van der Waals surface area contributed by atoms with Crippen LogP contribution in [0.3, 0.4) is 0 Å². The Morgan fingerprint density at radius 2 is 1.43 bits per heavy atom. The van der Waals surface area contributed by atoms with Crippen molar-refractivity contribution < 1.29 is 10.2 Å². The van der Waals surface area contributed by atoms with Crippen LogP contribution < -0.4 is 0 Å². The monoisotopic (exact) mass is 193 g/mol. The topological polar surface area (TPSA) is 56.2 Å². The fourth-order valence-electron chi connectivity index (χ4n) is 3.45. The molecule has 0 aliphatic heterocycles. The highest BCUT2D eigenvalue weighted by molar-refractivity contribution is 5.54. The van der Waals surface area contributed by atoms with Crippen LogP contribution in [0.4, 0.5) is 0 Å². The molecule has 4 unspecified atom stereocenters. The molecule has 2 aliphatic rings. The van der Waals surface area contributed by atoms with Crippen LogP contribution in [0, 0.1) is 11.8 Å². The third-order valence-corrected chi connectivity index (χ3v) is 4.39. The second-order valence-corrected chi connectivity index (χ2v) is 4.82. The van der Waals surface area contributed by atoms with Gasteiger partial charge in [-0.3, -0.25) is 4.98 Å². The van der Waals surface area contributed by atoms with Crippen LogP contribution in [0.15, 0.2) is 0 Å². The van der Waals surface area contributed by atoms with Crippen molar-refractivity contribution in [3.8, 4) is 11.8 Å². The Morgan fingerprint density at radius 1 is 1.00 bits per heavy atom. The number of aromatic amines is 1. The predicted molar refractivity (Wildman–Crippen MR) is 52.5 cm³/mol. The number of nitrogens with one attached hydrogen (secondary N) is 1. The first-order valence-corrected chi connectivity index (χ1v) is 5.25. The van der Waals surface area contributed by atoms with Crippen LogP contribution in [0.25, 0.3) is 0 Å². The van der Waals surface area contributed by atoms with Crippen molar-refractivity contribution in [2.24, 2.45) is 11.8 Å². The fraction of sp³-hybridized carbons (Fsp3) is 0.636. The second-order valence-electron chi connectivity index (χ2n) is 4.82. The average molecular weight is 193 g/mol. The molecule has 1 aromatic rings. The van der Waals surface area contributed by atoms with Crippen LogP contribution in [0.2, 0.25) is 0 Å². The van der Waals surface area contributed by atoms with Gasteiger partial charge in [0.1, 0.15) is 0 Å². The van der Waals surface area contributed by atoms with E-state index in [0.717, 1.165) is 17.5 Å². The minimum atomic E-state index is 0.184. The van der Waals surface area contributed by atoms with Crippen LogP contribution in [0.1, 0.15) is 43.2 Å². The Balaban J connectivity index is 2.21. The van der Waals surface area contributed by atoms with E-state index in [0.29, 0.717) is 23.7 Å². The number of H-pyrrole nitrogens is 1. The molecule has 3 N–H and O–H groups in total. The van der Waals surface area contributed by atoms with E-state index in [-0.39, 0.29) is 11.8 Å².